The highest BCUT2D eigenvalue weighted by molar-refractivity contribution is 5.99. The lowest BCUT2D eigenvalue weighted by molar-refractivity contribution is -0.142. The molecule has 1 aromatic carbocycles. The minimum Gasteiger partial charge on any atom is -0.368 e. The zero-order valence-corrected chi connectivity index (χ0v) is 15.3. The van der Waals surface area contributed by atoms with Crippen LogP contribution in [-0.4, -0.2) is 50.4 Å². The first-order valence-corrected chi connectivity index (χ1v) is 9.33. The molecule has 4 rings (SSSR count). The first kappa shape index (κ1) is 18.1. The summed E-state index contributed by atoms with van der Waals surface area (Å²) in [5, 5.41) is 3.93. The molecule has 9 heteroatoms. The SMILES string of the molecule is NC(=O)CN1C(=O)N(Cc2nc(-c3ccccc3)no2)C(=O)C2CCCCC21. The van der Waals surface area contributed by atoms with E-state index < -0.39 is 11.9 Å². The number of aromatic nitrogens is 2. The van der Waals surface area contributed by atoms with Gasteiger partial charge in [-0.15, -0.1) is 0 Å². The van der Waals surface area contributed by atoms with Gasteiger partial charge in [-0.05, 0) is 12.8 Å². The maximum Gasteiger partial charge on any atom is 0.327 e. The van der Waals surface area contributed by atoms with E-state index in [-0.39, 0.29) is 36.8 Å². The Bertz CT molecular complexity index is 897. The van der Waals surface area contributed by atoms with Gasteiger partial charge >= 0.3 is 6.03 Å². The number of rotatable bonds is 5. The molecule has 1 aliphatic heterocycles. The van der Waals surface area contributed by atoms with Gasteiger partial charge < -0.3 is 15.2 Å². The molecule has 1 saturated heterocycles. The summed E-state index contributed by atoms with van der Waals surface area (Å²) in [6.45, 7) is -0.334. The van der Waals surface area contributed by atoms with Crippen LogP contribution < -0.4 is 5.73 Å². The average molecular weight is 383 g/mol. The number of urea groups is 1. The molecular formula is C19H21N5O4. The molecule has 1 aromatic heterocycles. The van der Waals surface area contributed by atoms with Crippen molar-refractivity contribution in [2.45, 2.75) is 38.3 Å². The molecule has 0 radical (unpaired) electrons. The molecule has 146 valence electrons. The van der Waals surface area contributed by atoms with Crippen LogP contribution in [-0.2, 0) is 16.1 Å². The lowest BCUT2D eigenvalue weighted by atomic mass is 9.81. The van der Waals surface area contributed by atoms with Gasteiger partial charge in [0.05, 0.1) is 5.92 Å². The van der Waals surface area contributed by atoms with Crippen molar-refractivity contribution in [3.63, 3.8) is 0 Å². The lowest BCUT2D eigenvalue weighted by Gasteiger charge is -2.46. The minimum atomic E-state index is -0.601. The highest BCUT2D eigenvalue weighted by Gasteiger charge is 2.47. The molecular weight excluding hydrogens is 362 g/mol. The van der Waals surface area contributed by atoms with Gasteiger partial charge in [-0.2, -0.15) is 4.98 Å². The van der Waals surface area contributed by atoms with Crippen LogP contribution in [0.25, 0.3) is 11.4 Å². The molecule has 2 heterocycles. The van der Waals surface area contributed by atoms with E-state index in [9.17, 15) is 14.4 Å². The zero-order valence-electron chi connectivity index (χ0n) is 15.3. The number of hydrogen-bond donors (Lipinski definition) is 1. The van der Waals surface area contributed by atoms with Crippen LogP contribution in [0.2, 0.25) is 0 Å². The van der Waals surface area contributed by atoms with Crippen molar-refractivity contribution >= 4 is 17.8 Å². The first-order valence-electron chi connectivity index (χ1n) is 9.33. The molecule has 0 spiro atoms. The summed E-state index contributed by atoms with van der Waals surface area (Å²) >= 11 is 0. The first-order chi connectivity index (χ1) is 13.5. The predicted molar refractivity (Wildman–Crippen MR) is 97.3 cm³/mol. The van der Waals surface area contributed by atoms with Crippen LogP contribution >= 0.6 is 0 Å². The van der Waals surface area contributed by atoms with Crippen molar-refractivity contribution in [2.24, 2.45) is 11.7 Å². The molecule has 2 unspecified atom stereocenters. The largest absolute Gasteiger partial charge is 0.368 e. The van der Waals surface area contributed by atoms with E-state index in [1.54, 1.807) is 0 Å². The Kier molecular flexibility index (Phi) is 4.81. The third kappa shape index (κ3) is 3.35. The second kappa shape index (κ2) is 7.41. The molecule has 0 bridgehead atoms. The number of imide groups is 1. The van der Waals surface area contributed by atoms with E-state index in [2.05, 4.69) is 10.1 Å². The highest BCUT2D eigenvalue weighted by atomic mass is 16.5. The van der Waals surface area contributed by atoms with E-state index in [4.69, 9.17) is 10.3 Å². The van der Waals surface area contributed by atoms with Crippen LogP contribution in [0, 0.1) is 5.92 Å². The second-order valence-corrected chi connectivity index (χ2v) is 7.14. The molecule has 2 aromatic rings. The summed E-state index contributed by atoms with van der Waals surface area (Å²) < 4.78 is 5.25. The van der Waals surface area contributed by atoms with Gasteiger partial charge in [0.25, 0.3) is 0 Å². The standard InChI is InChI=1S/C19H21N5O4/c20-15(25)10-23-14-9-5-4-8-13(14)18(26)24(19(23)27)11-16-21-17(22-28-16)12-6-2-1-3-7-12/h1-3,6-7,13-14H,4-5,8-11H2,(H2,20,25). The van der Waals surface area contributed by atoms with Gasteiger partial charge in [0.1, 0.15) is 13.1 Å². The monoisotopic (exact) mass is 383 g/mol. The average Bonchev–Trinajstić information content (AvgIpc) is 3.18. The number of nitrogens with zero attached hydrogens (tertiary/aromatic N) is 4. The summed E-state index contributed by atoms with van der Waals surface area (Å²) in [4.78, 5) is 44.2. The Labute approximate surface area is 161 Å². The van der Waals surface area contributed by atoms with E-state index in [0.717, 1.165) is 23.3 Å². The number of hydrogen-bond acceptors (Lipinski definition) is 6. The fraction of sp³-hybridized carbons (Fsp3) is 0.421. The molecule has 28 heavy (non-hydrogen) atoms. The van der Waals surface area contributed by atoms with E-state index in [0.29, 0.717) is 18.7 Å². The highest BCUT2D eigenvalue weighted by Crippen LogP contribution is 2.35. The number of carbonyl (C=O) groups is 3. The van der Waals surface area contributed by atoms with E-state index in [1.807, 2.05) is 30.3 Å². The summed E-state index contributed by atoms with van der Waals surface area (Å²) in [6.07, 6.45) is 3.21. The lowest BCUT2D eigenvalue weighted by Crippen LogP contribution is -2.63. The quantitative estimate of drug-likeness (QED) is 0.836. The van der Waals surface area contributed by atoms with Gasteiger partial charge in [0, 0.05) is 11.6 Å². The number of carbonyl (C=O) groups excluding carboxylic acids is 3. The smallest absolute Gasteiger partial charge is 0.327 e. The Morgan fingerprint density at radius 2 is 1.93 bits per heavy atom. The normalized spacial score (nSPS) is 22.3. The van der Waals surface area contributed by atoms with Gasteiger partial charge in [0.2, 0.25) is 23.5 Å². The third-order valence-electron chi connectivity index (χ3n) is 5.31. The Hall–Kier alpha value is -3.23. The van der Waals surface area contributed by atoms with Crippen molar-refractivity contribution < 1.29 is 18.9 Å². The van der Waals surface area contributed by atoms with Crippen molar-refractivity contribution in [1.82, 2.24) is 19.9 Å². The Balaban J connectivity index is 1.58. The Morgan fingerprint density at radius 1 is 1.18 bits per heavy atom. The van der Waals surface area contributed by atoms with Crippen LogP contribution in [0.1, 0.15) is 31.6 Å². The third-order valence-corrected chi connectivity index (χ3v) is 5.31. The topological polar surface area (TPSA) is 123 Å². The fourth-order valence-corrected chi connectivity index (χ4v) is 4.02. The maximum atomic E-state index is 13.0. The molecule has 2 N–H and O–H groups in total. The minimum absolute atomic E-state index is 0.129. The molecule has 1 aliphatic carbocycles. The van der Waals surface area contributed by atoms with Crippen LogP contribution in [0.4, 0.5) is 4.79 Å². The number of benzene rings is 1. The van der Waals surface area contributed by atoms with Crippen LogP contribution in [0.15, 0.2) is 34.9 Å². The number of amides is 4. The zero-order chi connectivity index (χ0) is 19.7. The molecule has 1 saturated carbocycles. The molecule has 2 atom stereocenters. The fourth-order valence-electron chi connectivity index (χ4n) is 4.02. The van der Waals surface area contributed by atoms with Crippen molar-refractivity contribution in [3.8, 4) is 11.4 Å². The van der Waals surface area contributed by atoms with E-state index >= 15 is 0 Å². The number of primary amides is 1. The number of fused-ring (bicyclic) bond motifs is 1. The molecule has 4 amide bonds. The van der Waals surface area contributed by atoms with Gasteiger partial charge in [-0.1, -0.05) is 48.3 Å². The van der Waals surface area contributed by atoms with Gasteiger partial charge in [0.15, 0.2) is 0 Å². The van der Waals surface area contributed by atoms with Crippen LogP contribution in [0.3, 0.4) is 0 Å². The second-order valence-electron chi connectivity index (χ2n) is 7.14. The predicted octanol–water partition coefficient (Wildman–Crippen LogP) is 1.54. The van der Waals surface area contributed by atoms with E-state index in [1.165, 1.54) is 4.90 Å². The van der Waals surface area contributed by atoms with Gasteiger partial charge in [-0.3, -0.25) is 14.5 Å². The van der Waals surface area contributed by atoms with Crippen LogP contribution in [0.5, 0.6) is 0 Å². The summed E-state index contributed by atoms with van der Waals surface area (Å²) in [6, 6.07) is 8.46. The number of nitrogens with two attached hydrogens (primary N) is 1. The molecule has 2 aliphatic rings. The van der Waals surface area contributed by atoms with Crippen molar-refractivity contribution in [2.75, 3.05) is 6.54 Å². The van der Waals surface area contributed by atoms with Crippen molar-refractivity contribution in [3.05, 3.63) is 36.2 Å². The van der Waals surface area contributed by atoms with Gasteiger partial charge in [-0.25, -0.2) is 4.79 Å². The molecule has 2 fully saturated rings. The summed E-state index contributed by atoms with van der Waals surface area (Å²) in [5.74, 6) is -0.640. The van der Waals surface area contributed by atoms with Crippen molar-refractivity contribution in [1.29, 1.82) is 0 Å². The summed E-state index contributed by atoms with van der Waals surface area (Å²) in [5.41, 5.74) is 6.11. The molecule has 9 nitrogen and oxygen atoms in total. The maximum absolute atomic E-state index is 13.0. The Morgan fingerprint density at radius 3 is 2.68 bits per heavy atom. The summed E-state index contributed by atoms with van der Waals surface area (Å²) in [7, 11) is 0.